The molecule has 1 rings (SSSR count). The molecule has 1 heterocycles. The molecule has 2 amide bonds. The van der Waals surface area contributed by atoms with Gasteiger partial charge in [0, 0.05) is 25.7 Å². The number of likely N-dealkylation sites (tertiary alicyclic amines) is 1. The smallest absolute Gasteiger partial charge is 0.317 e. The van der Waals surface area contributed by atoms with Crippen molar-refractivity contribution < 1.29 is 4.79 Å². The number of amides is 2. The van der Waals surface area contributed by atoms with E-state index in [1.54, 1.807) is 0 Å². The molecular weight excluding hydrogens is 250 g/mol. The Morgan fingerprint density at radius 1 is 1.15 bits per heavy atom. The zero-order valence-electron chi connectivity index (χ0n) is 13.8. The molecule has 1 saturated heterocycles. The molecule has 1 aliphatic rings. The fourth-order valence-electron chi connectivity index (χ4n) is 3.02. The van der Waals surface area contributed by atoms with Gasteiger partial charge in [0.15, 0.2) is 0 Å². The number of rotatable bonds is 7. The zero-order chi connectivity index (χ0) is 15.0. The highest BCUT2D eigenvalue weighted by Crippen LogP contribution is 2.17. The van der Waals surface area contributed by atoms with E-state index in [-0.39, 0.29) is 6.03 Å². The normalized spacial score (nSPS) is 18.1. The average molecular weight is 283 g/mol. The Balaban J connectivity index is 2.49. The van der Waals surface area contributed by atoms with Crippen LogP contribution in [-0.4, -0.2) is 54.6 Å². The minimum Gasteiger partial charge on any atom is -0.336 e. The molecule has 1 aliphatic heterocycles. The summed E-state index contributed by atoms with van der Waals surface area (Å²) in [5, 5.41) is 3.13. The molecule has 0 spiro atoms. The van der Waals surface area contributed by atoms with Gasteiger partial charge in [0.25, 0.3) is 0 Å². The minimum absolute atomic E-state index is 0.0840. The summed E-state index contributed by atoms with van der Waals surface area (Å²) in [5.41, 5.74) is 0. The Kier molecular flexibility index (Phi) is 7.97. The summed E-state index contributed by atoms with van der Waals surface area (Å²) in [6.07, 6.45) is 5.13. The topological polar surface area (TPSA) is 35.6 Å². The minimum atomic E-state index is 0.0840. The van der Waals surface area contributed by atoms with E-state index in [1.807, 2.05) is 18.7 Å². The van der Waals surface area contributed by atoms with E-state index in [9.17, 15) is 4.79 Å². The lowest BCUT2D eigenvalue weighted by Crippen LogP contribution is -2.49. The Morgan fingerprint density at radius 3 is 2.25 bits per heavy atom. The lowest BCUT2D eigenvalue weighted by atomic mass is 9.99. The second-order valence-corrected chi connectivity index (χ2v) is 6.24. The predicted octanol–water partition coefficient (Wildman–Crippen LogP) is 2.94. The first kappa shape index (κ1) is 17.3. The standard InChI is InChI=1S/C16H33N3O/c1-5-18(6-2)16(20)17-13-15(12-14(3)4)19-10-8-7-9-11-19/h14-15H,5-13H2,1-4H3,(H,17,20). The highest BCUT2D eigenvalue weighted by molar-refractivity contribution is 5.74. The van der Waals surface area contributed by atoms with Gasteiger partial charge in [-0.25, -0.2) is 4.79 Å². The van der Waals surface area contributed by atoms with Crippen molar-refractivity contribution in [3.8, 4) is 0 Å². The summed E-state index contributed by atoms with van der Waals surface area (Å²) >= 11 is 0. The van der Waals surface area contributed by atoms with Gasteiger partial charge in [-0.05, 0) is 52.1 Å². The van der Waals surface area contributed by atoms with Crippen molar-refractivity contribution in [2.75, 3.05) is 32.7 Å². The highest BCUT2D eigenvalue weighted by atomic mass is 16.2. The van der Waals surface area contributed by atoms with Crippen LogP contribution in [0.4, 0.5) is 4.79 Å². The van der Waals surface area contributed by atoms with Crippen molar-refractivity contribution in [2.45, 2.75) is 59.4 Å². The Hall–Kier alpha value is -0.770. The Bertz CT molecular complexity index is 271. The van der Waals surface area contributed by atoms with E-state index in [2.05, 4.69) is 24.1 Å². The number of carbonyl (C=O) groups excluding carboxylic acids is 1. The van der Waals surface area contributed by atoms with E-state index in [1.165, 1.54) is 38.8 Å². The van der Waals surface area contributed by atoms with Crippen molar-refractivity contribution in [2.24, 2.45) is 5.92 Å². The van der Waals surface area contributed by atoms with Crippen LogP contribution >= 0.6 is 0 Å². The Labute approximate surface area is 124 Å². The van der Waals surface area contributed by atoms with E-state index >= 15 is 0 Å². The van der Waals surface area contributed by atoms with Crippen LogP contribution in [0.1, 0.15) is 53.4 Å². The van der Waals surface area contributed by atoms with Crippen molar-refractivity contribution in [1.29, 1.82) is 0 Å². The van der Waals surface area contributed by atoms with Crippen molar-refractivity contribution in [3.05, 3.63) is 0 Å². The van der Waals surface area contributed by atoms with E-state index in [0.717, 1.165) is 19.6 Å². The lowest BCUT2D eigenvalue weighted by molar-refractivity contribution is 0.139. The van der Waals surface area contributed by atoms with Gasteiger partial charge in [-0.2, -0.15) is 0 Å². The van der Waals surface area contributed by atoms with Gasteiger partial charge in [0.05, 0.1) is 0 Å². The maximum Gasteiger partial charge on any atom is 0.317 e. The fraction of sp³-hybridized carbons (Fsp3) is 0.938. The summed E-state index contributed by atoms with van der Waals surface area (Å²) < 4.78 is 0. The summed E-state index contributed by atoms with van der Waals surface area (Å²) in [6.45, 7) is 13.3. The first-order valence-electron chi connectivity index (χ1n) is 8.35. The molecule has 118 valence electrons. The number of piperidine rings is 1. The number of nitrogens with one attached hydrogen (secondary N) is 1. The summed E-state index contributed by atoms with van der Waals surface area (Å²) in [6, 6.07) is 0.579. The van der Waals surface area contributed by atoms with Gasteiger partial charge in [-0.1, -0.05) is 20.3 Å². The lowest BCUT2D eigenvalue weighted by Gasteiger charge is -2.36. The second kappa shape index (κ2) is 9.22. The van der Waals surface area contributed by atoms with Gasteiger partial charge in [0.2, 0.25) is 0 Å². The first-order chi connectivity index (χ1) is 9.58. The molecule has 0 saturated carbocycles. The SMILES string of the molecule is CCN(CC)C(=O)NCC(CC(C)C)N1CCCCC1. The molecule has 0 aromatic rings. The molecular formula is C16H33N3O. The number of urea groups is 1. The van der Waals surface area contributed by atoms with Crippen molar-refractivity contribution in [1.82, 2.24) is 15.1 Å². The zero-order valence-corrected chi connectivity index (χ0v) is 13.8. The molecule has 1 N–H and O–H groups in total. The summed E-state index contributed by atoms with van der Waals surface area (Å²) in [4.78, 5) is 16.5. The third-order valence-corrected chi connectivity index (χ3v) is 4.19. The molecule has 1 atom stereocenters. The van der Waals surface area contributed by atoms with Crippen LogP contribution in [0.15, 0.2) is 0 Å². The van der Waals surface area contributed by atoms with Gasteiger partial charge < -0.3 is 10.2 Å². The van der Waals surface area contributed by atoms with E-state index in [4.69, 9.17) is 0 Å². The quantitative estimate of drug-likeness (QED) is 0.780. The molecule has 0 aromatic carbocycles. The summed E-state index contributed by atoms with van der Waals surface area (Å²) in [7, 11) is 0. The third-order valence-electron chi connectivity index (χ3n) is 4.19. The molecule has 0 bridgehead atoms. The predicted molar refractivity (Wildman–Crippen MR) is 85.0 cm³/mol. The van der Waals surface area contributed by atoms with E-state index < -0.39 is 0 Å². The average Bonchev–Trinajstić information content (AvgIpc) is 2.45. The molecule has 0 aliphatic carbocycles. The highest BCUT2D eigenvalue weighted by Gasteiger charge is 2.22. The van der Waals surface area contributed by atoms with Crippen LogP contribution in [0.25, 0.3) is 0 Å². The van der Waals surface area contributed by atoms with Crippen LogP contribution in [0.3, 0.4) is 0 Å². The maximum absolute atomic E-state index is 12.1. The molecule has 4 heteroatoms. The largest absolute Gasteiger partial charge is 0.336 e. The van der Waals surface area contributed by atoms with Gasteiger partial charge in [-0.3, -0.25) is 4.90 Å². The number of carbonyl (C=O) groups is 1. The molecule has 1 unspecified atom stereocenters. The van der Waals surface area contributed by atoms with Gasteiger partial charge in [0.1, 0.15) is 0 Å². The molecule has 20 heavy (non-hydrogen) atoms. The van der Waals surface area contributed by atoms with Crippen LogP contribution in [-0.2, 0) is 0 Å². The van der Waals surface area contributed by atoms with E-state index in [0.29, 0.717) is 12.0 Å². The van der Waals surface area contributed by atoms with Crippen molar-refractivity contribution >= 4 is 6.03 Å². The van der Waals surface area contributed by atoms with Gasteiger partial charge >= 0.3 is 6.03 Å². The monoisotopic (exact) mass is 283 g/mol. The maximum atomic E-state index is 12.1. The van der Waals surface area contributed by atoms with Crippen LogP contribution in [0.5, 0.6) is 0 Å². The summed E-state index contributed by atoms with van der Waals surface area (Å²) in [5.74, 6) is 0.673. The second-order valence-electron chi connectivity index (χ2n) is 6.24. The van der Waals surface area contributed by atoms with Crippen LogP contribution in [0, 0.1) is 5.92 Å². The fourth-order valence-corrected chi connectivity index (χ4v) is 3.02. The number of hydrogen-bond acceptors (Lipinski definition) is 2. The van der Waals surface area contributed by atoms with Gasteiger partial charge in [-0.15, -0.1) is 0 Å². The number of nitrogens with zero attached hydrogens (tertiary/aromatic N) is 2. The molecule has 1 fully saturated rings. The van der Waals surface area contributed by atoms with Crippen LogP contribution < -0.4 is 5.32 Å². The van der Waals surface area contributed by atoms with Crippen molar-refractivity contribution in [3.63, 3.8) is 0 Å². The molecule has 0 aromatic heterocycles. The molecule has 0 radical (unpaired) electrons. The Morgan fingerprint density at radius 2 is 1.75 bits per heavy atom. The molecule has 4 nitrogen and oxygen atoms in total. The number of hydrogen-bond donors (Lipinski definition) is 1. The first-order valence-corrected chi connectivity index (χ1v) is 8.35. The van der Waals surface area contributed by atoms with Crippen LogP contribution in [0.2, 0.25) is 0 Å². The third kappa shape index (κ3) is 5.70.